The van der Waals surface area contributed by atoms with E-state index >= 15 is 0 Å². The smallest absolute Gasteiger partial charge is 0.161 e. The molecule has 1 unspecified atom stereocenters. The Morgan fingerprint density at radius 2 is 1.60 bits per heavy atom. The maximum atomic E-state index is 6.20. The van der Waals surface area contributed by atoms with Gasteiger partial charge in [-0.25, -0.2) is 0 Å². The van der Waals surface area contributed by atoms with Gasteiger partial charge in [0.1, 0.15) is 0 Å². The first-order valence-electron chi connectivity index (χ1n) is 10.00. The van der Waals surface area contributed by atoms with Gasteiger partial charge in [0.25, 0.3) is 0 Å². The van der Waals surface area contributed by atoms with E-state index in [0.717, 1.165) is 17.4 Å². The quantitative estimate of drug-likeness (QED) is 0.720. The van der Waals surface area contributed by atoms with Gasteiger partial charge in [-0.3, -0.25) is 0 Å². The lowest BCUT2D eigenvalue weighted by atomic mass is 9.66. The SMILES string of the molecule is CCOc1ccc(C(CN)C2CCC(C(C)(C)C)CC2)cc1OCC. The summed E-state index contributed by atoms with van der Waals surface area (Å²) in [5.41, 5.74) is 7.93. The lowest BCUT2D eigenvalue weighted by Crippen LogP contribution is -2.30. The summed E-state index contributed by atoms with van der Waals surface area (Å²) >= 11 is 0. The highest BCUT2D eigenvalue weighted by molar-refractivity contribution is 5.44. The average molecular weight is 348 g/mol. The van der Waals surface area contributed by atoms with Crippen molar-refractivity contribution >= 4 is 0 Å². The van der Waals surface area contributed by atoms with Crippen LogP contribution in [-0.2, 0) is 0 Å². The third kappa shape index (κ3) is 5.13. The number of hydrogen-bond donors (Lipinski definition) is 1. The van der Waals surface area contributed by atoms with Crippen molar-refractivity contribution in [2.45, 2.75) is 66.2 Å². The highest BCUT2D eigenvalue weighted by atomic mass is 16.5. The third-order valence-electron chi connectivity index (χ3n) is 5.82. The van der Waals surface area contributed by atoms with Gasteiger partial charge in [-0.05, 0) is 86.9 Å². The first kappa shape index (κ1) is 20.1. The van der Waals surface area contributed by atoms with Crippen molar-refractivity contribution in [1.82, 2.24) is 0 Å². The lowest BCUT2D eigenvalue weighted by Gasteiger charge is -2.39. The van der Waals surface area contributed by atoms with Gasteiger partial charge in [0, 0.05) is 0 Å². The molecule has 1 saturated carbocycles. The van der Waals surface area contributed by atoms with Crippen molar-refractivity contribution in [3.8, 4) is 11.5 Å². The Morgan fingerprint density at radius 1 is 1.00 bits per heavy atom. The van der Waals surface area contributed by atoms with Crippen LogP contribution in [-0.4, -0.2) is 19.8 Å². The molecule has 1 aliphatic carbocycles. The Balaban J connectivity index is 2.14. The van der Waals surface area contributed by atoms with Crippen LogP contribution in [0.15, 0.2) is 18.2 Å². The largest absolute Gasteiger partial charge is 0.490 e. The second-order valence-corrected chi connectivity index (χ2v) is 8.39. The Hall–Kier alpha value is -1.22. The molecule has 1 fully saturated rings. The predicted octanol–water partition coefficient (Wildman–Crippen LogP) is 5.38. The van der Waals surface area contributed by atoms with E-state index in [0.29, 0.717) is 37.0 Å². The fourth-order valence-corrected chi connectivity index (χ4v) is 4.29. The van der Waals surface area contributed by atoms with Crippen LogP contribution in [0.25, 0.3) is 0 Å². The molecule has 0 spiro atoms. The molecule has 0 saturated heterocycles. The molecule has 0 bridgehead atoms. The van der Waals surface area contributed by atoms with Crippen molar-refractivity contribution in [3.05, 3.63) is 23.8 Å². The molecule has 3 nitrogen and oxygen atoms in total. The highest BCUT2D eigenvalue weighted by Gasteiger charge is 2.33. The van der Waals surface area contributed by atoms with E-state index < -0.39 is 0 Å². The van der Waals surface area contributed by atoms with Crippen LogP contribution in [0.4, 0.5) is 0 Å². The number of benzene rings is 1. The van der Waals surface area contributed by atoms with E-state index in [-0.39, 0.29) is 0 Å². The molecule has 0 aliphatic heterocycles. The summed E-state index contributed by atoms with van der Waals surface area (Å²) in [5.74, 6) is 3.61. The summed E-state index contributed by atoms with van der Waals surface area (Å²) in [6.45, 7) is 13.1. The highest BCUT2D eigenvalue weighted by Crippen LogP contribution is 2.44. The Labute approximate surface area is 154 Å². The van der Waals surface area contributed by atoms with Crippen LogP contribution < -0.4 is 15.2 Å². The monoisotopic (exact) mass is 347 g/mol. The number of rotatable bonds is 7. The number of nitrogens with two attached hydrogens (primary N) is 1. The minimum atomic E-state index is 0.413. The van der Waals surface area contributed by atoms with Crippen LogP contribution in [0.2, 0.25) is 0 Å². The first-order valence-corrected chi connectivity index (χ1v) is 10.00. The van der Waals surface area contributed by atoms with E-state index in [9.17, 15) is 0 Å². The molecule has 2 N–H and O–H groups in total. The van der Waals surface area contributed by atoms with Gasteiger partial charge in [-0.15, -0.1) is 0 Å². The van der Waals surface area contributed by atoms with Crippen molar-refractivity contribution in [1.29, 1.82) is 0 Å². The van der Waals surface area contributed by atoms with Crippen LogP contribution >= 0.6 is 0 Å². The van der Waals surface area contributed by atoms with Crippen LogP contribution in [0.1, 0.15) is 71.8 Å². The van der Waals surface area contributed by atoms with Crippen LogP contribution in [0.5, 0.6) is 11.5 Å². The molecule has 0 amide bonds. The number of ether oxygens (including phenoxy) is 2. The molecule has 0 heterocycles. The van der Waals surface area contributed by atoms with Gasteiger partial charge in [0.05, 0.1) is 13.2 Å². The maximum Gasteiger partial charge on any atom is 0.161 e. The zero-order chi connectivity index (χ0) is 18.4. The van der Waals surface area contributed by atoms with Gasteiger partial charge >= 0.3 is 0 Å². The molecule has 25 heavy (non-hydrogen) atoms. The molecule has 1 atom stereocenters. The molecule has 2 rings (SSSR count). The van der Waals surface area contributed by atoms with Crippen molar-refractivity contribution in [2.75, 3.05) is 19.8 Å². The van der Waals surface area contributed by atoms with Crippen molar-refractivity contribution in [2.24, 2.45) is 23.0 Å². The zero-order valence-electron chi connectivity index (χ0n) is 16.8. The average Bonchev–Trinajstić information content (AvgIpc) is 2.58. The molecular weight excluding hydrogens is 310 g/mol. The normalized spacial score (nSPS) is 22.5. The topological polar surface area (TPSA) is 44.5 Å². The molecule has 1 aromatic carbocycles. The summed E-state index contributed by atoms with van der Waals surface area (Å²) < 4.78 is 11.5. The maximum absolute atomic E-state index is 6.20. The molecule has 142 valence electrons. The van der Waals surface area contributed by atoms with Crippen LogP contribution in [0, 0.1) is 17.3 Å². The summed E-state index contributed by atoms with van der Waals surface area (Å²) in [7, 11) is 0. The summed E-state index contributed by atoms with van der Waals surface area (Å²) in [6.07, 6.45) is 5.20. The van der Waals surface area contributed by atoms with Gasteiger partial charge in [-0.1, -0.05) is 26.8 Å². The predicted molar refractivity (Wildman–Crippen MR) is 105 cm³/mol. The summed E-state index contributed by atoms with van der Waals surface area (Å²) in [4.78, 5) is 0. The van der Waals surface area contributed by atoms with E-state index in [1.807, 2.05) is 19.9 Å². The molecule has 0 radical (unpaired) electrons. The van der Waals surface area contributed by atoms with Gasteiger partial charge in [-0.2, -0.15) is 0 Å². The third-order valence-corrected chi connectivity index (χ3v) is 5.82. The van der Waals surface area contributed by atoms with Crippen molar-refractivity contribution < 1.29 is 9.47 Å². The van der Waals surface area contributed by atoms with Gasteiger partial charge in [0.2, 0.25) is 0 Å². The second-order valence-electron chi connectivity index (χ2n) is 8.39. The number of hydrogen-bond acceptors (Lipinski definition) is 3. The molecule has 0 aromatic heterocycles. The Bertz CT molecular complexity index is 527. The van der Waals surface area contributed by atoms with Crippen LogP contribution in [0.3, 0.4) is 0 Å². The molecular formula is C22H37NO2. The lowest BCUT2D eigenvalue weighted by molar-refractivity contribution is 0.140. The Kier molecular flexibility index (Phi) is 7.18. The Morgan fingerprint density at radius 3 is 2.12 bits per heavy atom. The fourth-order valence-electron chi connectivity index (χ4n) is 4.29. The summed E-state index contributed by atoms with van der Waals surface area (Å²) in [5, 5.41) is 0. The van der Waals surface area contributed by atoms with E-state index in [1.54, 1.807) is 0 Å². The molecule has 1 aromatic rings. The standard InChI is InChI=1S/C22H37NO2/c1-6-24-20-13-10-17(14-21(20)25-7-2)19(15-23)16-8-11-18(12-9-16)22(3,4)5/h10,13-14,16,18-19H,6-9,11-12,15,23H2,1-5H3. The van der Waals surface area contributed by atoms with E-state index in [4.69, 9.17) is 15.2 Å². The second kappa shape index (κ2) is 8.93. The van der Waals surface area contributed by atoms with E-state index in [1.165, 1.54) is 31.2 Å². The fraction of sp³-hybridized carbons (Fsp3) is 0.727. The van der Waals surface area contributed by atoms with Crippen molar-refractivity contribution in [3.63, 3.8) is 0 Å². The summed E-state index contributed by atoms with van der Waals surface area (Å²) in [6, 6.07) is 6.38. The minimum absolute atomic E-state index is 0.413. The van der Waals surface area contributed by atoms with E-state index in [2.05, 4.69) is 32.9 Å². The molecule has 1 aliphatic rings. The zero-order valence-corrected chi connectivity index (χ0v) is 16.8. The van der Waals surface area contributed by atoms with Gasteiger partial charge < -0.3 is 15.2 Å². The molecule has 3 heteroatoms. The van der Waals surface area contributed by atoms with Gasteiger partial charge in [0.15, 0.2) is 11.5 Å². The first-order chi connectivity index (χ1) is 11.9. The minimum Gasteiger partial charge on any atom is -0.490 e.